The number of nitrogens with two attached hydrogens (primary N) is 1. The number of carbonyl (C=O) groups excluding carboxylic acids is 1. The van der Waals surface area contributed by atoms with Crippen molar-refractivity contribution in [3.8, 4) is 5.75 Å². The number of hydrogen-bond donors (Lipinski definition) is 2. The van der Waals surface area contributed by atoms with E-state index in [2.05, 4.69) is 11.6 Å². The number of rotatable bonds is 7. The Balaban J connectivity index is 2.70. The molecule has 1 unspecified atom stereocenters. The fourth-order valence-corrected chi connectivity index (χ4v) is 2.15. The average molecular weight is 297 g/mol. The quantitative estimate of drug-likeness (QED) is 0.752. The summed E-state index contributed by atoms with van der Waals surface area (Å²) < 4.78 is 5.22. The molecule has 0 aliphatic carbocycles. The van der Waals surface area contributed by atoms with E-state index in [0.29, 0.717) is 17.1 Å². The van der Waals surface area contributed by atoms with Gasteiger partial charge in [-0.05, 0) is 32.4 Å². The maximum absolute atomic E-state index is 12.2. The lowest BCUT2D eigenvalue weighted by atomic mass is 10.2. The number of methoxy groups -OCH3 is 1. The zero-order chi connectivity index (χ0) is 15.1. The van der Waals surface area contributed by atoms with Gasteiger partial charge in [-0.2, -0.15) is 11.8 Å². The number of carbonyl (C=O) groups is 1. The van der Waals surface area contributed by atoms with E-state index in [1.165, 1.54) is 0 Å². The average Bonchev–Trinajstić information content (AvgIpc) is 2.45. The van der Waals surface area contributed by atoms with Crippen LogP contribution in [0.5, 0.6) is 5.75 Å². The number of nitrogen functional groups attached to an aromatic ring is 1. The monoisotopic (exact) mass is 297 g/mol. The van der Waals surface area contributed by atoms with Gasteiger partial charge in [0.2, 0.25) is 5.91 Å². The van der Waals surface area contributed by atoms with Crippen molar-refractivity contribution in [2.24, 2.45) is 0 Å². The van der Waals surface area contributed by atoms with Gasteiger partial charge < -0.3 is 15.8 Å². The molecule has 0 saturated carbocycles. The van der Waals surface area contributed by atoms with E-state index >= 15 is 0 Å². The SMILES string of the molecule is COc1cc(N)ccc1NC(=O)C(C)N(C)CCSC. The van der Waals surface area contributed by atoms with Gasteiger partial charge in [-0.25, -0.2) is 0 Å². The second-order valence-electron chi connectivity index (χ2n) is 4.60. The molecule has 0 radical (unpaired) electrons. The third kappa shape index (κ3) is 4.61. The van der Waals surface area contributed by atoms with Gasteiger partial charge in [-0.1, -0.05) is 0 Å². The summed E-state index contributed by atoms with van der Waals surface area (Å²) in [5.74, 6) is 1.51. The molecule has 1 aromatic carbocycles. The predicted molar refractivity (Wildman–Crippen MR) is 86.5 cm³/mol. The maximum Gasteiger partial charge on any atom is 0.241 e. The van der Waals surface area contributed by atoms with E-state index in [4.69, 9.17) is 10.5 Å². The van der Waals surface area contributed by atoms with Gasteiger partial charge in [0, 0.05) is 24.1 Å². The van der Waals surface area contributed by atoms with Crippen LogP contribution in [0.15, 0.2) is 18.2 Å². The van der Waals surface area contributed by atoms with Crippen LogP contribution in [0.1, 0.15) is 6.92 Å². The van der Waals surface area contributed by atoms with Gasteiger partial charge in [0.05, 0.1) is 18.8 Å². The van der Waals surface area contributed by atoms with E-state index in [9.17, 15) is 4.79 Å². The Morgan fingerprint density at radius 2 is 2.25 bits per heavy atom. The zero-order valence-corrected chi connectivity index (χ0v) is 13.3. The molecule has 0 aromatic heterocycles. The first-order chi connectivity index (χ1) is 9.49. The number of anilines is 2. The normalized spacial score (nSPS) is 12.2. The minimum Gasteiger partial charge on any atom is -0.494 e. The first-order valence-electron chi connectivity index (χ1n) is 6.43. The van der Waals surface area contributed by atoms with Crippen LogP contribution in [0.3, 0.4) is 0 Å². The lowest BCUT2D eigenvalue weighted by Crippen LogP contribution is -2.40. The Morgan fingerprint density at radius 3 is 2.85 bits per heavy atom. The fraction of sp³-hybridized carbons (Fsp3) is 0.500. The molecular weight excluding hydrogens is 274 g/mol. The second-order valence-corrected chi connectivity index (χ2v) is 5.58. The smallest absolute Gasteiger partial charge is 0.241 e. The Bertz CT molecular complexity index is 454. The topological polar surface area (TPSA) is 67.6 Å². The van der Waals surface area contributed by atoms with E-state index in [1.54, 1.807) is 37.1 Å². The molecule has 1 amide bonds. The van der Waals surface area contributed by atoms with Crippen LogP contribution in [-0.4, -0.2) is 49.6 Å². The first kappa shape index (κ1) is 16.7. The van der Waals surface area contributed by atoms with Crippen LogP contribution in [0, 0.1) is 0 Å². The van der Waals surface area contributed by atoms with E-state index in [0.717, 1.165) is 12.3 Å². The summed E-state index contributed by atoms with van der Waals surface area (Å²) in [5.41, 5.74) is 6.93. The fourth-order valence-electron chi connectivity index (χ4n) is 1.68. The second kappa shape index (κ2) is 8.01. The number of benzene rings is 1. The molecule has 0 saturated heterocycles. The van der Waals surface area contributed by atoms with Gasteiger partial charge in [-0.15, -0.1) is 0 Å². The number of nitrogens with zero attached hydrogens (tertiary/aromatic N) is 1. The molecule has 6 heteroatoms. The van der Waals surface area contributed by atoms with Crippen molar-refractivity contribution in [2.75, 3.05) is 43.8 Å². The first-order valence-corrected chi connectivity index (χ1v) is 7.82. The molecule has 5 nitrogen and oxygen atoms in total. The highest BCUT2D eigenvalue weighted by molar-refractivity contribution is 7.98. The summed E-state index contributed by atoms with van der Waals surface area (Å²) in [7, 11) is 3.50. The number of nitrogens with one attached hydrogen (secondary N) is 1. The highest BCUT2D eigenvalue weighted by Gasteiger charge is 2.18. The molecule has 0 bridgehead atoms. The van der Waals surface area contributed by atoms with Gasteiger partial charge >= 0.3 is 0 Å². The largest absolute Gasteiger partial charge is 0.494 e. The molecule has 0 heterocycles. The molecule has 0 aliphatic rings. The Kier molecular flexibility index (Phi) is 6.67. The van der Waals surface area contributed by atoms with Crippen LogP contribution >= 0.6 is 11.8 Å². The number of ether oxygens (including phenoxy) is 1. The minimum absolute atomic E-state index is 0.0586. The lowest BCUT2D eigenvalue weighted by molar-refractivity contribution is -0.120. The van der Waals surface area contributed by atoms with E-state index < -0.39 is 0 Å². The molecule has 3 N–H and O–H groups in total. The molecular formula is C14H23N3O2S. The number of amides is 1. The van der Waals surface area contributed by atoms with Crippen molar-refractivity contribution in [1.29, 1.82) is 0 Å². The zero-order valence-electron chi connectivity index (χ0n) is 12.5. The van der Waals surface area contributed by atoms with Crippen molar-refractivity contribution in [3.05, 3.63) is 18.2 Å². The Hall–Kier alpha value is -1.40. The summed E-state index contributed by atoms with van der Waals surface area (Å²) in [6, 6.07) is 4.97. The summed E-state index contributed by atoms with van der Waals surface area (Å²) >= 11 is 1.76. The van der Waals surface area contributed by atoms with Crippen LogP contribution in [0.4, 0.5) is 11.4 Å². The highest BCUT2D eigenvalue weighted by atomic mass is 32.2. The predicted octanol–water partition coefficient (Wildman–Crippen LogP) is 1.90. The van der Waals surface area contributed by atoms with E-state index in [-0.39, 0.29) is 11.9 Å². The van der Waals surface area contributed by atoms with Crippen LogP contribution in [-0.2, 0) is 4.79 Å². The molecule has 1 atom stereocenters. The molecule has 20 heavy (non-hydrogen) atoms. The summed E-state index contributed by atoms with van der Waals surface area (Å²) in [4.78, 5) is 14.2. The van der Waals surface area contributed by atoms with Crippen LogP contribution in [0.25, 0.3) is 0 Å². The third-order valence-electron chi connectivity index (χ3n) is 3.17. The number of thioether (sulfide) groups is 1. The van der Waals surface area contributed by atoms with Gasteiger partial charge in [-0.3, -0.25) is 9.69 Å². The molecule has 112 valence electrons. The molecule has 0 fully saturated rings. The Labute approximate surface area is 124 Å². The third-order valence-corrected chi connectivity index (χ3v) is 3.76. The molecule has 0 spiro atoms. The van der Waals surface area contributed by atoms with Crippen molar-refractivity contribution in [3.63, 3.8) is 0 Å². The van der Waals surface area contributed by atoms with Gasteiger partial charge in [0.25, 0.3) is 0 Å². The van der Waals surface area contributed by atoms with Gasteiger partial charge in [0.15, 0.2) is 0 Å². The van der Waals surface area contributed by atoms with Crippen molar-refractivity contribution >= 4 is 29.0 Å². The van der Waals surface area contributed by atoms with E-state index in [1.807, 2.05) is 18.9 Å². The molecule has 1 aromatic rings. The lowest BCUT2D eigenvalue weighted by Gasteiger charge is -2.23. The highest BCUT2D eigenvalue weighted by Crippen LogP contribution is 2.26. The van der Waals surface area contributed by atoms with Crippen molar-refractivity contribution < 1.29 is 9.53 Å². The van der Waals surface area contributed by atoms with Gasteiger partial charge in [0.1, 0.15) is 5.75 Å². The van der Waals surface area contributed by atoms with Crippen molar-refractivity contribution in [2.45, 2.75) is 13.0 Å². The maximum atomic E-state index is 12.2. The van der Waals surface area contributed by atoms with Crippen LogP contribution < -0.4 is 15.8 Å². The molecule has 1 rings (SSSR count). The summed E-state index contributed by atoms with van der Waals surface area (Å²) in [5, 5.41) is 2.88. The Morgan fingerprint density at radius 1 is 1.55 bits per heavy atom. The number of hydrogen-bond acceptors (Lipinski definition) is 5. The summed E-state index contributed by atoms with van der Waals surface area (Å²) in [6.07, 6.45) is 2.05. The standard InChI is InChI=1S/C14H23N3O2S/c1-10(17(2)7-8-20-4)14(18)16-12-6-5-11(15)9-13(12)19-3/h5-6,9-10H,7-8,15H2,1-4H3,(H,16,18). The number of likely N-dealkylation sites (N-methyl/N-ethyl adjacent to an activating group) is 1. The van der Waals surface area contributed by atoms with Crippen LogP contribution in [0.2, 0.25) is 0 Å². The minimum atomic E-state index is -0.204. The molecule has 0 aliphatic heterocycles. The van der Waals surface area contributed by atoms with Crippen molar-refractivity contribution in [1.82, 2.24) is 4.90 Å². The summed E-state index contributed by atoms with van der Waals surface area (Å²) in [6.45, 7) is 2.76.